The molecule has 0 radical (unpaired) electrons. The van der Waals surface area contributed by atoms with E-state index in [2.05, 4.69) is 4.72 Å². The highest BCUT2D eigenvalue weighted by molar-refractivity contribution is 7.98. The number of anilines is 1. The van der Waals surface area contributed by atoms with Crippen molar-refractivity contribution in [1.82, 2.24) is 0 Å². The molecule has 0 aliphatic rings. The van der Waals surface area contributed by atoms with Crippen molar-refractivity contribution in [3.05, 3.63) is 48.0 Å². The molecular weight excluding hydrogens is 318 g/mol. The lowest BCUT2D eigenvalue weighted by molar-refractivity contribution is 0.337. The fraction of sp³-hybridized carbons (Fsp3) is 0.250. The monoisotopic (exact) mass is 337 g/mol. The third-order valence-corrected chi connectivity index (χ3v) is 5.18. The van der Waals surface area contributed by atoms with Gasteiger partial charge in [-0.05, 0) is 62.1 Å². The molecule has 0 fully saturated rings. The molecule has 2 rings (SSSR count). The first-order valence-corrected chi connectivity index (χ1v) is 9.57. The number of sulfonamides is 1. The number of rotatable bonds is 6. The Morgan fingerprint density at radius 2 is 1.95 bits per heavy atom. The van der Waals surface area contributed by atoms with E-state index in [1.807, 2.05) is 38.3 Å². The zero-order valence-corrected chi connectivity index (χ0v) is 14.4. The fourth-order valence-electron chi connectivity index (χ4n) is 2.01. The summed E-state index contributed by atoms with van der Waals surface area (Å²) in [6, 6.07) is 12.2. The molecule has 0 aromatic heterocycles. The van der Waals surface area contributed by atoms with Gasteiger partial charge in [0.05, 0.1) is 11.5 Å². The van der Waals surface area contributed by atoms with Gasteiger partial charge in [-0.15, -0.1) is 11.8 Å². The summed E-state index contributed by atoms with van der Waals surface area (Å²) in [5.74, 6) is 0.700. The number of ether oxygens (including phenoxy) is 1. The van der Waals surface area contributed by atoms with E-state index in [9.17, 15) is 8.42 Å². The molecule has 2 aromatic rings. The fourth-order valence-corrected chi connectivity index (χ4v) is 3.60. The number of benzene rings is 2. The zero-order chi connectivity index (χ0) is 16.2. The molecule has 1 N–H and O–H groups in total. The molecule has 2 aromatic carbocycles. The second-order valence-corrected chi connectivity index (χ2v) is 7.26. The Morgan fingerprint density at radius 1 is 1.18 bits per heavy atom. The van der Waals surface area contributed by atoms with E-state index in [4.69, 9.17) is 4.74 Å². The van der Waals surface area contributed by atoms with E-state index in [1.165, 1.54) is 0 Å². The van der Waals surface area contributed by atoms with Crippen molar-refractivity contribution in [3.63, 3.8) is 0 Å². The number of thioether (sulfide) groups is 1. The van der Waals surface area contributed by atoms with Crippen LogP contribution in [-0.4, -0.2) is 21.3 Å². The maximum atomic E-state index is 12.5. The van der Waals surface area contributed by atoms with Crippen molar-refractivity contribution >= 4 is 27.5 Å². The first-order valence-electron chi connectivity index (χ1n) is 6.86. The highest BCUT2D eigenvalue weighted by Gasteiger charge is 2.15. The number of hydrogen-bond donors (Lipinski definition) is 1. The van der Waals surface area contributed by atoms with E-state index < -0.39 is 10.0 Å². The van der Waals surface area contributed by atoms with Crippen molar-refractivity contribution in [1.29, 1.82) is 0 Å². The Balaban J connectivity index is 2.28. The lowest BCUT2D eigenvalue weighted by atomic mass is 10.2. The molecule has 0 heterocycles. The van der Waals surface area contributed by atoms with Crippen LogP contribution in [0.25, 0.3) is 0 Å². The van der Waals surface area contributed by atoms with Gasteiger partial charge in [0.2, 0.25) is 0 Å². The van der Waals surface area contributed by atoms with E-state index in [-0.39, 0.29) is 4.90 Å². The smallest absolute Gasteiger partial charge is 0.261 e. The quantitative estimate of drug-likeness (QED) is 0.812. The van der Waals surface area contributed by atoms with Crippen LogP contribution in [0.5, 0.6) is 5.75 Å². The van der Waals surface area contributed by atoms with Crippen molar-refractivity contribution in [3.8, 4) is 5.75 Å². The predicted octanol–water partition coefficient (Wildman–Crippen LogP) is 3.92. The zero-order valence-electron chi connectivity index (χ0n) is 12.8. The van der Waals surface area contributed by atoms with Gasteiger partial charge in [-0.3, -0.25) is 4.72 Å². The van der Waals surface area contributed by atoms with Crippen LogP contribution >= 0.6 is 11.8 Å². The SMILES string of the molecule is CCOc1ccc(S(=O)(=O)Nc2cccc(SC)c2)cc1C. The minimum Gasteiger partial charge on any atom is -0.494 e. The second kappa shape index (κ2) is 7.07. The van der Waals surface area contributed by atoms with Gasteiger partial charge in [0.15, 0.2) is 0 Å². The van der Waals surface area contributed by atoms with Crippen LogP contribution in [0.4, 0.5) is 5.69 Å². The van der Waals surface area contributed by atoms with Crippen molar-refractivity contribution in [2.75, 3.05) is 17.6 Å². The van der Waals surface area contributed by atoms with Gasteiger partial charge in [0.1, 0.15) is 5.75 Å². The topological polar surface area (TPSA) is 55.4 Å². The Bertz CT molecular complexity index is 758. The lowest BCUT2D eigenvalue weighted by Gasteiger charge is -2.12. The van der Waals surface area contributed by atoms with E-state index in [1.54, 1.807) is 36.0 Å². The molecular formula is C16H19NO3S2. The molecule has 0 spiro atoms. The molecule has 0 saturated heterocycles. The van der Waals surface area contributed by atoms with Crippen LogP contribution < -0.4 is 9.46 Å². The molecule has 6 heteroatoms. The molecule has 0 aliphatic heterocycles. The molecule has 22 heavy (non-hydrogen) atoms. The summed E-state index contributed by atoms with van der Waals surface area (Å²) >= 11 is 1.56. The van der Waals surface area contributed by atoms with Gasteiger partial charge in [0.25, 0.3) is 10.0 Å². The Labute approximate surface area is 135 Å². The molecule has 0 bridgehead atoms. The number of hydrogen-bond acceptors (Lipinski definition) is 4. The average Bonchev–Trinajstić information content (AvgIpc) is 2.49. The van der Waals surface area contributed by atoms with E-state index in [0.717, 1.165) is 10.5 Å². The van der Waals surface area contributed by atoms with Gasteiger partial charge >= 0.3 is 0 Å². The highest BCUT2D eigenvalue weighted by atomic mass is 32.2. The van der Waals surface area contributed by atoms with Gasteiger partial charge in [0, 0.05) is 10.6 Å². The van der Waals surface area contributed by atoms with Crippen molar-refractivity contribution < 1.29 is 13.2 Å². The normalized spacial score (nSPS) is 11.2. The Hall–Kier alpha value is -1.66. The average molecular weight is 337 g/mol. The minimum absolute atomic E-state index is 0.225. The summed E-state index contributed by atoms with van der Waals surface area (Å²) in [7, 11) is -3.61. The number of nitrogens with one attached hydrogen (secondary N) is 1. The third-order valence-electron chi connectivity index (χ3n) is 3.08. The summed E-state index contributed by atoms with van der Waals surface area (Å²) < 4.78 is 33.0. The summed E-state index contributed by atoms with van der Waals surface area (Å²) in [6.07, 6.45) is 1.95. The highest BCUT2D eigenvalue weighted by Crippen LogP contribution is 2.25. The molecule has 4 nitrogen and oxygen atoms in total. The molecule has 0 aliphatic carbocycles. The van der Waals surface area contributed by atoms with Crippen LogP contribution in [0.3, 0.4) is 0 Å². The number of aryl methyl sites for hydroxylation is 1. The summed E-state index contributed by atoms with van der Waals surface area (Å²) in [5, 5.41) is 0. The van der Waals surface area contributed by atoms with Gasteiger partial charge in [-0.25, -0.2) is 8.42 Å². The first kappa shape index (κ1) is 16.7. The van der Waals surface area contributed by atoms with Crippen LogP contribution in [-0.2, 0) is 10.0 Å². The second-order valence-electron chi connectivity index (χ2n) is 4.70. The summed E-state index contributed by atoms with van der Waals surface area (Å²) in [4.78, 5) is 1.23. The summed E-state index contributed by atoms with van der Waals surface area (Å²) in [5.41, 5.74) is 1.35. The lowest BCUT2D eigenvalue weighted by Crippen LogP contribution is -2.13. The first-order chi connectivity index (χ1) is 10.5. The van der Waals surface area contributed by atoms with Gasteiger partial charge in [-0.1, -0.05) is 6.07 Å². The molecule has 0 atom stereocenters. The van der Waals surface area contributed by atoms with Crippen LogP contribution in [0, 0.1) is 6.92 Å². The van der Waals surface area contributed by atoms with Crippen LogP contribution in [0.15, 0.2) is 52.3 Å². The predicted molar refractivity (Wildman–Crippen MR) is 91.4 cm³/mol. The Morgan fingerprint density at radius 3 is 2.59 bits per heavy atom. The molecule has 0 unspecified atom stereocenters. The van der Waals surface area contributed by atoms with Crippen LogP contribution in [0.2, 0.25) is 0 Å². The van der Waals surface area contributed by atoms with E-state index in [0.29, 0.717) is 18.0 Å². The van der Waals surface area contributed by atoms with Crippen LogP contribution in [0.1, 0.15) is 12.5 Å². The largest absolute Gasteiger partial charge is 0.494 e. The van der Waals surface area contributed by atoms with Crippen molar-refractivity contribution in [2.45, 2.75) is 23.6 Å². The maximum Gasteiger partial charge on any atom is 0.261 e. The molecule has 0 amide bonds. The molecule has 118 valence electrons. The third kappa shape index (κ3) is 3.96. The summed E-state index contributed by atoms with van der Waals surface area (Å²) in [6.45, 7) is 4.27. The van der Waals surface area contributed by atoms with Gasteiger partial charge < -0.3 is 4.74 Å². The minimum atomic E-state index is -3.61. The maximum absolute atomic E-state index is 12.5. The van der Waals surface area contributed by atoms with E-state index >= 15 is 0 Å². The van der Waals surface area contributed by atoms with Gasteiger partial charge in [-0.2, -0.15) is 0 Å². The Kier molecular flexibility index (Phi) is 5.37. The molecule has 0 saturated carbocycles. The standard InChI is InChI=1S/C16H19NO3S2/c1-4-20-16-9-8-15(10-12(16)2)22(18,19)17-13-6-5-7-14(11-13)21-3/h5-11,17H,4H2,1-3H3. The van der Waals surface area contributed by atoms with Crippen molar-refractivity contribution in [2.24, 2.45) is 0 Å².